The third kappa shape index (κ3) is 3.84. The van der Waals surface area contributed by atoms with E-state index in [0.29, 0.717) is 17.7 Å². The van der Waals surface area contributed by atoms with E-state index < -0.39 is 6.10 Å². The normalized spacial score (nSPS) is 12.1. The first kappa shape index (κ1) is 13.6. The summed E-state index contributed by atoms with van der Waals surface area (Å²) in [4.78, 5) is 5.85. The highest BCUT2D eigenvalue weighted by Crippen LogP contribution is 2.22. The maximum absolute atomic E-state index is 9.97. The third-order valence-electron chi connectivity index (χ3n) is 2.74. The number of nitrogens with one attached hydrogen (secondary N) is 3. The zero-order valence-electron chi connectivity index (χ0n) is 10.6. The molecule has 102 valence electrons. The van der Waals surface area contributed by atoms with Crippen molar-refractivity contribution in [2.45, 2.75) is 12.5 Å². The van der Waals surface area contributed by atoms with Gasteiger partial charge in [0, 0.05) is 24.9 Å². The predicted octanol–water partition coefficient (Wildman–Crippen LogP) is 2.10. The number of para-hydroxylation sites is 2. The van der Waals surface area contributed by atoms with Gasteiger partial charge in [-0.3, -0.25) is 0 Å². The molecule has 1 heterocycles. The number of ether oxygens (including phenoxy) is 1. The number of aromatic amines is 2. The molecule has 19 heavy (non-hydrogen) atoms. The van der Waals surface area contributed by atoms with Crippen LogP contribution in [0.15, 0.2) is 30.5 Å². The monoisotopic (exact) mass is 279 g/mol. The highest BCUT2D eigenvalue weighted by atomic mass is 32.1. The van der Waals surface area contributed by atoms with Crippen molar-refractivity contribution in [3.8, 4) is 5.75 Å². The lowest BCUT2D eigenvalue weighted by molar-refractivity contribution is 0.187. The van der Waals surface area contributed by atoms with Crippen LogP contribution in [0.4, 0.5) is 5.69 Å². The van der Waals surface area contributed by atoms with Crippen molar-refractivity contribution < 1.29 is 9.84 Å². The third-order valence-corrected chi connectivity index (χ3v) is 2.96. The predicted molar refractivity (Wildman–Crippen MR) is 77.2 cm³/mol. The summed E-state index contributed by atoms with van der Waals surface area (Å²) in [6.45, 7) is 0.437. The van der Waals surface area contributed by atoms with E-state index in [2.05, 4.69) is 15.3 Å². The van der Waals surface area contributed by atoms with Crippen molar-refractivity contribution in [1.29, 1.82) is 0 Å². The Morgan fingerprint density at radius 2 is 2.21 bits per heavy atom. The molecule has 2 aromatic rings. The standard InChI is InChI=1S/C13H17N3O2S/c1-18-12-5-3-2-4-11(12)14-8-10(17)6-9-7-15-13(19)16-9/h2-5,7,10,14,17H,6,8H2,1H3,(H2,15,16,19). The first-order chi connectivity index (χ1) is 9.19. The van der Waals surface area contributed by atoms with Gasteiger partial charge in [-0.1, -0.05) is 12.1 Å². The summed E-state index contributed by atoms with van der Waals surface area (Å²) in [5, 5.41) is 13.1. The second kappa shape index (κ2) is 6.40. The van der Waals surface area contributed by atoms with Crippen molar-refractivity contribution in [2.75, 3.05) is 19.0 Å². The quantitative estimate of drug-likeness (QED) is 0.611. The molecule has 0 fully saturated rings. The topological polar surface area (TPSA) is 73.1 Å². The Balaban J connectivity index is 1.89. The molecule has 1 unspecified atom stereocenters. The summed E-state index contributed by atoms with van der Waals surface area (Å²) < 4.78 is 5.80. The highest BCUT2D eigenvalue weighted by molar-refractivity contribution is 7.71. The molecule has 5 nitrogen and oxygen atoms in total. The Kier molecular flexibility index (Phi) is 4.59. The summed E-state index contributed by atoms with van der Waals surface area (Å²) in [7, 11) is 1.62. The number of rotatable bonds is 6. The van der Waals surface area contributed by atoms with Gasteiger partial charge in [0.2, 0.25) is 0 Å². The van der Waals surface area contributed by atoms with E-state index in [9.17, 15) is 5.11 Å². The Morgan fingerprint density at radius 1 is 1.42 bits per heavy atom. The van der Waals surface area contributed by atoms with Gasteiger partial charge < -0.3 is 25.1 Å². The summed E-state index contributed by atoms with van der Waals surface area (Å²) in [5.74, 6) is 0.760. The summed E-state index contributed by atoms with van der Waals surface area (Å²) in [5.41, 5.74) is 1.75. The minimum atomic E-state index is -0.508. The van der Waals surface area contributed by atoms with Crippen LogP contribution < -0.4 is 10.1 Å². The number of hydrogen-bond acceptors (Lipinski definition) is 4. The summed E-state index contributed by atoms with van der Waals surface area (Å²) in [6.07, 6.45) is 1.77. The molecule has 6 heteroatoms. The number of aromatic nitrogens is 2. The van der Waals surface area contributed by atoms with Crippen LogP contribution in [0.3, 0.4) is 0 Å². The molecule has 0 bridgehead atoms. The maximum Gasteiger partial charge on any atom is 0.174 e. The van der Waals surface area contributed by atoms with Gasteiger partial charge in [-0.2, -0.15) is 0 Å². The molecule has 0 aliphatic heterocycles. The largest absolute Gasteiger partial charge is 0.495 e. The van der Waals surface area contributed by atoms with Gasteiger partial charge in [0.05, 0.1) is 18.9 Å². The average molecular weight is 279 g/mol. The molecule has 0 aliphatic carbocycles. The molecule has 0 aliphatic rings. The molecule has 0 saturated heterocycles. The second-order valence-corrected chi connectivity index (χ2v) is 4.62. The SMILES string of the molecule is COc1ccccc1NCC(O)Cc1c[nH]c(=S)[nH]1. The zero-order chi connectivity index (χ0) is 13.7. The number of hydrogen-bond donors (Lipinski definition) is 4. The van der Waals surface area contributed by atoms with Crippen LogP contribution in [0.25, 0.3) is 0 Å². The second-order valence-electron chi connectivity index (χ2n) is 4.21. The molecule has 0 saturated carbocycles. The van der Waals surface area contributed by atoms with Crippen molar-refractivity contribution in [3.63, 3.8) is 0 Å². The maximum atomic E-state index is 9.97. The van der Waals surface area contributed by atoms with E-state index in [4.69, 9.17) is 17.0 Å². The van der Waals surface area contributed by atoms with E-state index in [0.717, 1.165) is 17.1 Å². The number of benzene rings is 1. The van der Waals surface area contributed by atoms with Gasteiger partial charge in [0.25, 0.3) is 0 Å². The molecule has 1 aromatic heterocycles. The van der Waals surface area contributed by atoms with Crippen LogP contribution in [-0.2, 0) is 6.42 Å². The molecule has 0 spiro atoms. The molecule has 4 N–H and O–H groups in total. The Labute approximate surface area is 116 Å². The fourth-order valence-electron chi connectivity index (χ4n) is 1.83. The number of aliphatic hydroxyl groups excluding tert-OH is 1. The van der Waals surface area contributed by atoms with Crippen molar-refractivity contribution in [1.82, 2.24) is 9.97 Å². The lowest BCUT2D eigenvalue weighted by Crippen LogP contribution is -2.22. The van der Waals surface area contributed by atoms with Crippen LogP contribution in [0, 0.1) is 4.77 Å². The fraction of sp³-hybridized carbons (Fsp3) is 0.308. The number of methoxy groups -OCH3 is 1. The van der Waals surface area contributed by atoms with Gasteiger partial charge in [0.1, 0.15) is 5.75 Å². The molecular weight excluding hydrogens is 262 g/mol. The lowest BCUT2D eigenvalue weighted by Gasteiger charge is -2.14. The van der Waals surface area contributed by atoms with Gasteiger partial charge >= 0.3 is 0 Å². The minimum Gasteiger partial charge on any atom is -0.495 e. The van der Waals surface area contributed by atoms with Crippen LogP contribution >= 0.6 is 12.2 Å². The van der Waals surface area contributed by atoms with Gasteiger partial charge in [-0.25, -0.2) is 0 Å². The van der Waals surface area contributed by atoms with Crippen molar-refractivity contribution in [2.24, 2.45) is 0 Å². The van der Waals surface area contributed by atoms with Gasteiger partial charge in [-0.05, 0) is 24.4 Å². The van der Waals surface area contributed by atoms with Gasteiger partial charge in [0.15, 0.2) is 4.77 Å². The fourth-order valence-corrected chi connectivity index (χ4v) is 2.02. The van der Waals surface area contributed by atoms with Crippen molar-refractivity contribution in [3.05, 3.63) is 40.9 Å². The Morgan fingerprint density at radius 3 is 2.89 bits per heavy atom. The number of imidazole rings is 1. The van der Waals surface area contributed by atoms with E-state index in [1.807, 2.05) is 24.3 Å². The van der Waals surface area contributed by atoms with Crippen LogP contribution in [0.5, 0.6) is 5.75 Å². The Hall–Kier alpha value is -1.79. The molecular formula is C13H17N3O2S. The first-order valence-corrected chi connectivity index (χ1v) is 6.41. The first-order valence-electron chi connectivity index (χ1n) is 6.00. The Bertz CT molecular complexity index is 579. The highest BCUT2D eigenvalue weighted by Gasteiger charge is 2.08. The van der Waals surface area contributed by atoms with Gasteiger partial charge in [-0.15, -0.1) is 0 Å². The number of H-pyrrole nitrogens is 2. The minimum absolute atomic E-state index is 0.437. The van der Waals surface area contributed by atoms with E-state index >= 15 is 0 Å². The van der Waals surface area contributed by atoms with Crippen LogP contribution in [-0.4, -0.2) is 34.8 Å². The molecule has 1 aromatic carbocycles. The zero-order valence-corrected chi connectivity index (χ0v) is 11.5. The van der Waals surface area contributed by atoms with Crippen LogP contribution in [0.2, 0.25) is 0 Å². The molecule has 1 atom stereocenters. The number of aliphatic hydroxyl groups is 1. The molecule has 0 amide bonds. The number of anilines is 1. The summed E-state index contributed by atoms with van der Waals surface area (Å²) >= 11 is 4.93. The van der Waals surface area contributed by atoms with E-state index in [1.54, 1.807) is 13.3 Å². The van der Waals surface area contributed by atoms with E-state index in [-0.39, 0.29) is 0 Å². The van der Waals surface area contributed by atoms with Crippen LogP contribution in [0.1, 0.15) is 5.69 Å². The summed E-state index contributed by atoms with van der Waals surface area (Å²) in [6, 6.07) is 7.61. The smallest absolute Gasteiger partial charge is 0.174 e. The molecule has 2 rings (SSSR count). The van der Waals surface area contributed by atoms with E-state index in [1.165, 1.54) is 0 Å². The lowest BCUT2D eigenvalue weighted by atomic mass is 10.2. The van der Waals surface area contributed by atoms with Crippen molar-refractivity contribution >= 4 is 17.9 Å². The molecule has 0 radical (unpaired) electrons. The average Bonchev–Trinajstić information content (AvgIpc) is 2.82.